The second-order valence-corrected chi connectivity index (χ2v) is 3.73. The van der Waals surface area contributed by atoms with E-state index in [4.69, 9.17) is 10.8 Å². The maximum absolute atomic E-state index is 8.70. The summed E-state index contributed by atoms with van der Waals surface area (Å²) in [5.41, 5.74) is 7.93. The van der Waals surface area contributed by atoms with E-state index in [-0.39, 0.29) is 6.61 Å². The van der Waals surface area contributed by atoms with Gasteiger partial charge in [-0.05, 0) is 30.5 Å². The van der Waals surface area contributed by atoms with Crippen molar-refractivity contribution in [2.45, 2.75) is 19.4 Å². The number of anilines is 1. The molecule has 0 amide bonds. The molecule has 3 N–H and O–H groups in total. The molecule has 0 unspecified atom stereocenters. The number of nitrogens with zero attached hydrogens (tertiary/aromatic N) is 1. The molecule has 0 saturated heterocycles. The minimum Gasteiger partial charge on any atom is -0.396 e. The lowest BCUT2D eigenvalue weighted by Gasteiger charge is -2.19. The van der Waals surface area contributed by atoms with E-state index >= 15 is 0 Å². The lowest BCUT2D eigenvalue weighted by atomic mass is 10.2. The molecule has 1 rings (SSSR count). The van der Waals surface area contributed by atoms with Crippen LogP contribution in [-0.2, 0) is 6.54 Å². The second kappa shape index (κ2) is 6.43. The van der Waals surface area contributed by atoms with Crippen molar-refractivity contribution in [3.05, 3.63) is 29.8 Å². The monoisotopic (exact) mass is 208 g/mol. The Morgan fingerprint density at radius 2 is 2.13 bits per heavy atom. The molecule has 0 radical (unpaired) electrons. The Kier molecular flexibility index (Phi) is 5.15. The maximum atomic E-state index is 8.70. The quantitative estimate of drug-likeness (QED) is 0.694. The number of unbranched alkanes of at least 4 members (excludes halogenated alkanes) is 1. The summed E-state index contributed by atoms with van der Waals surface area (Å²) in [7, 11) is 2.06. The lowest BCUT2D eigenvalue weighted by Crippen LogP contribution is -2.18. The molecule has 1 aromatic carbocycles. The van der Waals surface area contributed by atoms with Gasteiger partial charge in [0.25, 0.3) is 0 Å². The fraction of sp³-hybridized carbons (Fsp3) is 0.500. The van der Waals surface area contributed by atoms with Gasteiger partial charge in [-0.25, -0.2) is 0 Å². The SMILES string of the molecule is CN(CCCCO)c1cccc(CN)c1. The van der Waals surface area contributed by atoms with Crippen molar-refractivity contribution in [3.8, 4) is 0 Å². The van der Waals surface area contributed by atoms with Gasteiger partial charge in [0.15, 0.2) is 0 Å². The van der Waals surface area contributed by atoms with Crippen molar-refractivity contribution < 1.29 is 5.11 Å². The van der Waals surface area contributed by atoms with E-state index in [0.29, 0.717) is 6.54 Å². The summed E-state index contributed by atoms with van der Waals surface area (Å²) in [6, 6.07) is 8.25. The van der Waals surface area contributed by atoms with Crippen LogP contribution in [0, 0.1) is 0 Å². The molecular weight excluding hydrogens is 188 g/mol. The molecule has 15 heavy (non-hydrogen) atoms. The summed E-state index contributed by atoms with van der Waals surface area (Å²) >= 11 is 0. The lowest BCUT2D eigenvalue weighted by molar-refractivity contribution is 0.285. The van der Waals surface area contributed by atoms with Gasteiger partial charge < -0.3 is 15.7 Å². The summed E-state index contributed by atoms with van der Waals surface area (Å²) in [5, 5.41) is 8.70. The number of aliphatic hydroxyl groups excluding tert-OH is 1. The number of benzene rings is 1. The van der Waals surface area contributed by atoms with Crippen LogP contribution in [-0.4, -0.2) is 25.3 Å². The molecule has 0 aromatic heterocycles. The largest absolute Gasteiger partial charge is 0.396 e. The molecule has 0 aliphatic carbocycles. The van der Waals surface area contributed by atoms with Crippen LogP contribution in [0.25, 0.3) is 0 Å². The molecule has 3 heteroatoms. The van der Waals surface area contributed by atoms with Gasteiger partial charge in [-0.2, -0.15) is 0 Å². The summed E-state index contributed by atoms with van der Waals surface area (Å²) in [5.74, 6) is 0. The van der Waals surface area contributed by atoms with E-state index in [2.05, 4.69) is 24.1 Å². The zero-order valence-electron chi connectivity index (χ0n) is 9.32. The second-order valence-electron chi connectivity index (χ2n) is 3.73. The maximum Gasteiger partial charge on any atom is 0.0431 e. The molecule has 3 nitrogen and oxygen atoms in total. The highest BCUT2D eigenvalue weighted by atomic mass is 16.2. The summed E-state index contributed by atoms with van der Waals surface area (Å²) < 4.78 is 0. The third-order valence-electron chi connectivity index (χ3n) is 2.49. The molecule has 84 valence electrons. The Morgan fingerprint density at radius 1 is 1.33 bits per heavy atom. The van der Waals surface area contributed by atoms with Crippen LogP contribution in [0.15, 0.2) is 24.3 Å². The third kappa shape index (κ3) is 3.90. The van der Waals surface area contributed by atoms with Crippen LogP contribution in [0.4, 0.5) is 5.69 Å². The molecule has 0 spiro atoms. The van der Waals surface area contributed by atoms with Crippen LogP contribution in [0.2, 0.25) is 0 Å². The zero-order valence-corrected chi connectivity index (χ0v) is 9.32. The molecule has 0 fully saturated rings. The van der Waals surface area contributed by atoms with Crippen molar-refractivity contribution in [2.75, 3.05) is 25.1 Å². The number of hydrogen-bond donors (Lipinski definition) is 2. The molecule has 0 saturated carbocycles. The van der Waals surface area contributed by atoms with Gasteiger partial charge in [0.2, 0.25) is 0 Å². The molecule has 0 heterocycles. The van der Waals surface area contributed by atoms with Gasteiger partial charge in [0.05, 0.1) is 0 Å². The van der Waals surface area contributed by atoms with Crippen molar-refractivity contribution >= 4 is 5.69 Å². The summed E-state index contributed by atoms with van der Waals surface area (Å²) in [6.07, 6.45) is 1.88. The van der Waals surface area contributed by atoms with Crippen LogP contribution in [0.1, 0.15) is 18.4 Å². The van der Waals surface area contributed by atoms with Gasteiger partial charge in [0, 0.05) is 32.4 Å². The Balaban J connectivity index is 2.52. The topological polar surface area (TPSA) is 49.5 Å². The Labute approximate surface area is 91.5 Å². The Bertz CT molecular complexity index is 289. The van der Waals surface area contributed by atoms with E-state index in [1.807, 2.05) is 12.1 Å². The summed E-state index contributed by atoms with van der Waals surface area (Å²) in [6.45, 7) is 1.82. The van der Waals surface area contributed by atoms with Crippen LogP contribution >= 0.6 is 0 Å². The van der Waals surface area contributed by atoms with Gasteiger partial charge in [-0.3, -0.25) is 0 Å². The smallest absolute Gasteiger partial charge is 0.0431 e. The van der Waals surface area contributed by atoms with Crippen molar-refractivity contribution in [1.82, 2.24) is 0 Å². The molecular formula is C12H20N2O. The fourth-order valence-electron chi connectivity index (χ4n) is 1.51. The van der Waals surface area contributed by atoms with E-state index < -0.39 is 0 Å². The molecule has 0 bridgehead atoms. The molecule has 0 aliphatic rings. The van der Waals surface area contributed by atoms with E-state index in [1.54, 1.807) is 0 Å². The number of rotatable bonds is 6. The molecule has 0 atom stereocenters. The fourth-order valence-corrected chi connectivity index (χ4v) is 1.51. The first-order valence-electron chi connectivity index (χ1n) is 5.39. The van der Waals surface area contributed by atoms with Gasteiger partial charge in [-0.1, -0.05) is 12.1 Å². The Morgan fingerprint density at radius 3 is 2.80 bits per heavy atom. The highest BCUT2D eigenvalue weighted by Gasteiger charge is 2.00. The minimum atomic E-state index is 0.274. The first-order valence-corrected chi connectivity index (χ1v) is 5.39. The van der Waals surface area contributed by atoms with Crippen molar-refractivity contribution in [3.63, 3.8) is 0 Å². The van der Waals surface area contributed by atoms with Crippen LogP contribution in [0.5, 0.6) is 0 Å². The van der Waals surface area contributed by atoms with Crippen LogP contribution < -0.4 is 10.6 Å². The van der Waals surface area contributed by atoms with Crippen molar-refractivity contribution in [2.24, 2.45) is 5.73 Å². The minimum absolute atomic E-state index is 0.274. The number of nitrogens with two attached hydrogens (primary N) is 1. The first-order chi connectivity index (χ1) is 7.27. The normalized spacial score (nSPS) is 10.3. The Hall–Kier alpha value is -1.06. The van der Waals surface area contributed by atoms with Crippen molar-refractivity contribution in [1.29, 1.82) is 0 Å². The average Bonchev–Trinajstić information content (AvgIpc) is 2.29. The molecule has 0 aliphatic heterocycles. The standard InChI is InChI=1S/C12H20N2O/c1-14(7-2-3-8-15)12-6-4-5-11(9-12)10-13/h4-6,9,15H,2-3,7-8,10,13H2,1H3. The van der Waals surface area contributed by atoms with Crippen LogP contribution in [0.3, 0.4) is 0 Å². The number of hydrogen-bond acceptors (Lipinski definition) is 3. The van der Waals surface area contributed by atoms with E-state index in [9.17, 15) is 0 Å². The van der Waals surface area contributed by atoms with E-state index in [0.717, 1.165) is 24.9 Å². The summed E-state index contributed by atoms with van der Waals surface area (Å²) in [4.78, 5) is 2.19. The highest BCUT2D eigenvalue weighted by molar-refractivity contribution is 5.47. The zero-order chi connectivity index (χ0) is 11.1. The first kappa shape index (κ1) is 12.0. The average molecular weight is 208 g/mol. The molecule has 1 aromatic rings. The predicted octanol–water partition coefficient (Wildman–Crippen LogP) is 1.35. The predicted molar refractivity (Wildman–Crippen MR) is 63.9 cm³/mol. The van der Waals surface area contributed by atoms with E-state index in [1.165, 1.54) is 5.69 Å². The van der Waals surface area contributed by atoms with Gasteiger partial charge in [-0.15, -0.1) is 0 Å². The third-order valence-corrected chi connectivity index (χ3v) is 2.49. The van der Waals surface area contributed by atoms with Gasteiger partial charge >= 0.3 is 0 Å². The highest BCUT2D eigenvalue weighted by Crippen LogP contribution is 2.14. The van der Waals surface area contributed by atoms with Gasteiger partial charge in [0.1, 0.15) is 0 Å². The number of aliphatic hydroxyl groups is 1.